The average molecular weight is 141 g/mol. The molecule has 0 aliphatic rings. The van der Waals surface area contributed by atoms with Crippen molar-refractivity contribution in [2.45, 2.75) is 40.0 Å². The number of hydrogen-bond acceptors (Lipinski definition) is 1. The Kier molecular flexibility index (Phi) is 5.27. The highest BCUT2D eigenvalue weighted by Gasteiger charge is 2.10. The minimum atomic E-state index is 0.117. The van der Waals surface area contributed by atoms with E-state index in [1.807, 2.05) is 13.2 Å². The molecule has 0 amide bonds. The normalized spacial score (nSPS) is 16.3. The molecule has 0 aromatic heterocycles. The molecule has 2 atom stereocenters. The van der Waals surface area contributed by atoms with E-state index in [1.54, 1.807) is 0 Å². The minimum absolute atomic E-state index is 0.117. The molecule has 0 rings (SSSR count). The van der Waals surface area contributed by atoms with Crippen LogP contribution in [0.15, 0.2) is 0 Å². The lowest BCUT2D eigenvalue weighted by Crippen LogP contribution is -2.08. The molecule has 1 nitrogen and oxygen atoms in total. The molecule has 0 N–H and O–H groups in total. The van der Waals surface area contributed by atoms with Gasteiger partial charge in [0.15, 0.2) is 0 Å². The molecule has 0 fully saturated rings. The summed E-state index contributed by atoms with van der Waals surface area (Å²) >= 11 is 0. The Bertz CT molecular complexity index is 88.7. The maximum atomic E-state index is 10.2. The quantitative estimate of drug-likeness (QED) is 0.575. The van der Waals surface area contributed by atoms with Crippen molar-refractivity contribution in [2.75, 3.05) is 0 Å². The molecule has 2 unspecified atom stereocenters. The van der Waals surface area contributed by atoms with Crippen LogP contribution in [-0.4, -0.2) is 6.29 Å². The van der Waals surface area contributed by atoms with E-state index in [0.717, 1.165) is 6.42 Å². The molecule has 0 saturated carbocycles. The maximum absolute atomic E-state index is 10.2. The van der Waals surface area contributed by atoms with Crippen molar-refractivity contribution >= 4 is 6.29 Å². The second kappa shape index (κ2) is 5.45. The molecule has 0 spiro atoms. The van der Waals surface area contributed by atoms with Crippen LogP contribution in [0.25, 0.3) is 0 Å². The molecule has 0 aromatic carbocycles. The van der Waals surface area contributed by atoms with Gasteiger partial charge < -0.3 is 0 Å². The Hall–Kier alpha value is -0.330. The molecule has 10 heavy (non-hydrogen) atoms. The lowest BCUT2D eigenvalue weighted by molar-refractivity contribution is 0.410. The first-order valence-corrected chi connectivity index (χ1v) is 4.10. The van der Waals surface area contributed by atoms with Gasteiger partial charge in [-0.2, -0.15) is 0 Å². The van der Waals surface area contributed by atoms with E-state index in [-0.39, 0.29) is 5.92 Å². The van der Waals surface area contributed by atoms with Gasteiger partial charge in [-0.15, -0.1) is 0 Å². The number of carbonyl (C=O) groups excluding carboxylic acids is 1. The van der Waals surface area contributed by atoms with Crippen LogP contribution in [0.3, 0.4) is 0 Å². The summed E-state index contributed by atoms with van der Waals surface area (Å²) in [6, 6.07) is 0. The summed E-state index contributed by atoms with van der Waals surface area (Å²) in [6.45, 7) is 6.22. The Morgan fingerprint density at radius 2 is 2.00 bits per heavy atom. The molecule has 0 heterocycles. The van der Waals surface area contributed by atoms with Crippen LogP contribution in [0.2, 0.25) is 0 Å². The van der Waals surface area contributed by atoms with Crippen molar-refractivity contribution in [2.24, 2.45) is 11.8 Å². The first-order chi connectivity index (χ1) is 4.72. The van der Waals surface area contributed by atoms with Crippen molar-refractivity contribution < 1.29 is 4.79 Å². The Morgan fingerprint density at radius 1 is 1.40 bits per heavy atom. The molecular formula is C9H17O. The highest BCUT2D eigenvalue weighted by Crippen LogP contribution is 2.15. The van der Waals surface area contributed by atoms with E-state index in [1.165, 1.54) is 12.8 Å². The van der Waals surface area contributed by atoms with Crippen LogP contribution in [-0.2, 0) is 4.79 Å². The fraction of sp³-hybridized carbons (Fsp3) is 0.889. The van der Waals surface area contributed by atoms with Crippen LogP contribution >= 0.6 is 0 Å². The number of hydrogen-bond donors (Lipinski definition) is 0. The predicted molar refractivity (Wildman–Crippen MR) is 43.5 cm³/mol. The Balaban J connectivity index is 3.40. The summed E-state index contributed by atoms with van der Waals surface area (Å²) in [5.74, 6) is 0.629. The van der Waals surface area contributed by atoms with Crippen molar-refractivity contribution in [1.29, 1.82) is 0 Å². The first kappa shape index (κ1) is 9.67. The maximum Gasteiger partial charge on any atom is 0.201 e. The van der Waals surface area contributed by atoms with Crippen molar-refractivity contribution in [3.8, 4) is 0 Å². The monoisotopic (exact) mass is 141 g/mol. The van der Waals surface area contributed by atoms with E-state index >= 15 is 0 Å². The van der Waals surface area contributed by atoms with Gasteiger partial charge in [0.05, 0.1) is 0 Å². The molecule has 0 bridgehead atoms. The highest BCUT2D eigenvalue weighted by molar-refractivity contribution is 5.54. The summed E-state index contributed by atoms with van der Waals surface area (Å²) in [6.07, 6.45) is 5.63. The molecule has 1 heteroatoms. The third-order valence-corrected chi connectivity index (χ3v) is 2.05. The summed E-state index contributed by atoms with van der Waals surface area (Å²) < 4.78 is 0. The average Bonchev–Trinajstić information content (AvgIpc) is 1.98. The fourth-order valence-corrected chi connectivity index (χ4v) is 0.892. The number of unbranched alkanes of at least 4 members (excludes halogenated alkanes) is 1. The first-order valence-electron chi connectivity index (χ1n) is 4.10. The van der Waals surface area contributed by atoms with E-state index in [0.29, 0.717) is 5.92 Å². The van der Waals surface area contributed by atoms with Gasteiger partial charge in [0.1, 0.15) is 0 Å². The van der Waals surface area contributed by atoms with Crippen molar-refractivity contribution in [1.82, 2.24) is 0 Å². The topological polar surface area (TPSA) is 17.1 Å². The van der Waals surface area contributed by atoms with Crippen LogP contribution in [0.5, 0.6) is 0 Å². The zero-order chi connectivity index (χ0) is 7.98. The van der Waals surface area contributed by atoms with E-state index in [4.69, 9.17) is 0 Å². The van der Waals surface area contributed by atoms with Crippen LogP contribution in [0.4, 0.5) is 0 Å². The molecule has 1 radical (unpaired) electrons. The van der Waals surface area contributed by atoms with Crippen molar-refractivity contribution in [3.63, 3.8) is 0 Å². The molecular weight excluding hydrogens is 124 g/mol. The van der Waals surface area contributed by atoms with Gasteiger partial charge >= 0.3 is 0 Å². The van der Waals surface area contributed by atoms with Gasteiger partial charge in [0, 0.05) is 5.92 Å². The Labute approximate surface area is 63.8 Å². The molecule has 0 aromatic rings. The van der Waals surface area contributed by atoms with Gasteiger partial charge in [-0.3, -0.25) is 4.79 Å². The fourth-order valence-electron chi connectivity index (χ4n) is 0.892. The van der Waals surface area contributed by atoms with Gasteiger partial charge in [-0.25, -0.2) is 0 Å². The lowest BCUT2D eigenvalue weighted by atomic mass is 9.92. The summed E-state index contributed by atoms with van der Waals surface area (Å²) in [4.78, 5) is 10.2. The molecule has 0 aliphatic carbocycles. The van der Waals surface area contributed by atoms with Gasteiger partial charge in [-0.05, 0) is 5.92 Å². The van der Waals surface area contributed by atoms with E-state index < -0.39 is 0 Å². The SMILES string of the molecule is CCCCC(C)C(C)[C]=O. The van der Waals surface area contributed by atoms with Gasteiger partial charge in [0.25, 0.3) is 0 Å². The smallest absolute Gasteiger partial charge is 0.201 e. The Morgan fingerprint density at radius 3 is 2.40 bits per heavy atom. The highest BCUT2D eigenvalue weighted by atomic mass is 16.1. The van der Waals surface area contributed by atoms with Crippen molar-refractivity contribution in [3.05, 3.63) is 0 Å². The van der Waals surface area contributed by atoms with E-state index in [2.05, 4.69) is 13.8 Å². The molecule has 0 saturated heterocycles. The standard InChI is InChI=1S/C9H17O/c1-4-5-6-8(2)9(3)7-10/h8-9H,4-6H2,1-3H3. The van der Waals surface area contributed by atoms with Crippen LogP contribution in [0.1, 0.15) is 40.0 Å². The second-order valence-corrected chi connectivity index (χ2v) is 3.03. The predicted octanol–water partition coefficient (Wildman–Crippen LogP) is 2.56. The molecule has 0 aliphatic heterocycles. The number of rotatable bonds is 5. The third kappa shape index (κ3) is 3.65. The minimum Gasteiger partial charge on any atom is -0.291 e. The van der Waals surface area contributed by atoms with Crippen LogP contribution in [0, 0.1) is 11.8 Å². The summed E-state index contributed by atoms with van der Waals surface area (Å²) in [5.41, 5.74) is 0. The summed E-state index contributed by atoms with van der Waals surface area (Å²) in [7, 11) is 0. The largest absolute Gasteiger partial charge is 0.291 e. The zero-order valence-corrected chi connectivity index (χ0v) is 7.18. The summed E-state index contributed by atoms with van der Waals surface area (Å²) in [5, 5.41) is 0. The molecule has 59 valence electrons. The van der Waals surface area contributed by atoms with Gasteiger partial charge in [-0.1, -0.05) is 40.0 Å². The second-order valence-electron chi connectivity index (χ2n) is 3.03. The van der Waals surface area contributed by atoms with Gasteiger partial charge in [0.2, 0.25) is 6.29 Å². The van der Waals surface area contributed by atoms with Crippen LogP contribution < -0.4 is 0 Å². The third-order valence-electron chi connectivity index (χ3n) is 2.05. The lowest BCUT2D eigenvalue weighted by Gasteiger charge is -2.11. The zero-order valence-electron chi connectivity index (χ0n) is 7.18. The van der Waals surface area contributed by atoms with E-state index in [9.17, 15) is 4.79 Å².